The second-order valence-electron chi connectivity index (χ2n) is 6.43. The summed E-state index contributed by atoms with van der Waals surface area (Å²) in [6.07, 6.45) is 0.522. The lowest BCUT2D eigenvalue weighted by molar-refractivity contribution is -0.119. The van der Waals surface area contributed by atoms with Crippen LogP contribution in [-0.2, 0) is 16.0 Å². The number of amides is 2. The fraction of sp³-hybridized carbons (Fsp3) is 0.550. The monoisotopic (exact) mass is 389 g/mol. The van der Waals surface area contributed by atoms with E-state index in [1.165, 1.54) is 5.56 Å². The molecule has 1 aromatic carbocycles. The summed E-state index contributed by atoms with van der Waals surface area (Å²) in [5.41, 5.74) is 1.19. The smallest absolute Gasteiger partial charge is 0.409 e. The van der Waals surface area contributed by atoms with Crippen LogP contribution >= 0.6 is 0 Å². The first-order chi connectivity index (χ1) is 13.6. The molecule has 2 N–H and O–H groups in total. The molecule has 0 aliphatic carbocycles. The lowest BCUT2D eigenvalue weighted by atomic mass is 10.1. The Morgan fingerprint density at radius 3 is 2.36 bits per heavy atom. The number of hydrogen-bond acceptors (Lipinski definition) is 4. The van der Waals surface area contributed by atoms with Gasteiger partial charge in [0.05, 0.1) is 6.61 Å². The number of carbonyl (C=O) groups is 2. The summed E-state index contributed by atoms with van der Waals surface area (Å²) in [6.45, 7) is 8.01. The molecule has 1 heterocycles. The number of hydrogen-bond donors (Lipinski definition) is 2. The zero-order valence-corrected chi connectivity index (χ0v) is 16.8. The second kappa shape index (κ2) is 11.8. The van der Waals surface area contributed by atoms with Crippen LogP contribution in [0.15, 0.2) is 35.3 Å². The Kier molecular flexibility index (Phi) is 9.10. The molecule has 2 amide bonds. The average molecular weight is 390 g/mol. The van der Waals surface area contributed by atoms with Crippen LogP contribution in [0.5, 0.6) is 0 Å². The zero-order valence-electron chi connectivity index (χ0n) is 16.8. The maximum Gasteiger partial charge on any atom is 0.409 e. The highest BCUT2D eigenvalue weighted by atomic mass is 16.6. The number of ether oxygens (including phenoxy) is 1. The third-order valence-electron chi connectivity index (χ3n) is 4.39. The van der Waals surface area contributed by atoms with Crippen LogP contribution in [0, 0.1) is 0 Å². The van der Waals surface area contributed by atoms with E-state index < -0.39 is 0 Å². The molecular formula is C20H31N5O3. The SMILES string of the molecule is CCNC(=NCC(=O)NCCc1ccccc1)N1CCN(C(=O)OCC)CC1. The Balaban J connectivity index is 1.78. The Bertz CT molecular complexity index is 643. The fourth-order valence-electron chi connectivity index (χ4n) is 2.93. The number of benzene rings is 1. The van der Waals surface area contributed by atoms with Gasteiger partial charge < -0.3 is 25.2 Å². The molecule has 0 radical (unpaired) electrons. The van der Waals surface area contributed by atoms with E-state index in [0.717, 1.165) is 6.42 Å². The van der Waals surface area contributed by atoms with Crippen LogP contribution in [0.3, 0.4) is 0 Å². The van der Waals surface area contributed by atoms with Gasteiger partial charge in [-0.15, -0.1) is 0 Å². The van der Waals surface area contributed by atoms with E-state index in [0.29, 0.717) is 51.8 Å². The largest absolute Gasteiger partial charge is 0.450 e. The molecule has 1 saturated heterocycles. The summed E-state index contributed by atoms with van der Waals surface area (Å²) in [5, 5.41) is 6.13. The number of nitrogens with zero attached hydrogens (tertiary/aromatic N) is 3. The van der Waals surface area contributed by atoms with Gasteiger partial charge in [-0.2, -0.15) is 0 Å². The van der Waals surface area contributed by atoms with Gasteiger partial charge in [0.2, 0.25) is 5.91 Å². The molecule has 8 nitrogen and oxygen atoms in total. The molecule has 0 spiro atoms. The van der Waals surface area contributed by atoms with E-state index in [1.807, 2.05) is 37.3 Å². The lowest BCUT2D eigenvalue weighted by Gasteiger charge is -2.35. The molecule has 8 heteroatoms. The highest BCUT2D eigenvalue weighted by Crippen LogP contribution is 2.04. The van der Waals surface area contributed by atoms with Crippen molar-refractivity contribution in [2.24, 2.45) is 4.99 Å². The summed E-state index contributed by atoms with van der Waals surface area (Å²) in [7, 11) is 0. The van der Waals surface area contributed by atoms with E-state index in [2.05, 4.69) is 20.5 Å². The quantitative estimate of drug-likeness (QED) is 0.538. The third-order valence-corrected chi connectivity index (χ3v) is 4.39. The van der Waals surface area contributed by atoms with Gasteiger partial charge in [-0.05, 0) is 25.8 Å². The van der Waals surface area contributed by atoms with Gasteiger partial charge in [0.15, 0.2) is 5.96 Å². The maximum atomic E-state index is 12.1. The topological polar surface area (TPSA) is 86.3 Å². The van der Waals surface area contributed by atoms with Gasteiger partial charge in [-0.25, -0.2) is 9.79 Å². The Morgan fingerprint density at radius 2 is 1.71 bits per heavy atom. The predicted molar refractivity (Wildman–Crippen MR) is 109 cm³/mol. The minimum absolute atomic E-state index is 0.0786. The summed E-state index contributed by atoms with van der Waals surface area (Å²) >= 11 is 0. The maximum absolute atomic E-state index is 12.1. The Labute approximate surface area is 166 Å². The number of nitrogens with one attached hydrogen (secondary N) is 2. The van der Waals surface area contributed by atoms with Crippen LogP contribution in [0.2, 0.25) is 0 Å². The molecule has 1 aliphatic rings. The van der Waals surface area contributed by atoms with Crippen molar-refractivity contribution in [1.29, 1.82) is 0 Å². The molecule has 0 atom stereocenters. The van der Waals surface area contributed by atoms with Crippen molar-refractivity contribution >= 4 is 18.0 Å². The predicted octanol–water partition coefficient (Wildman–Crippen LogP) is 1.08. The van der Waals surface area contributed by atoms with Crippen molar-refractivity contribution in [2.45, 2.75) is 20.3 Å². The van der Waals surface area contributed by atoms with Crippen LogP contribution in [0.4, 0.5) is 4.79 Å². The van der Waals surface area contributed by atoms with E-state index >= 15 is 0 Å². The van der Waals surface area contributed by atoms with Crippen molar-refractivity contribution in [3.05, 3.63) is 35.9 Å². The molecule has 28 heavy (non-hydrogen) atoms. The molecule has 1 fully saturated rings. The molecular weight excluding hydrogens is 358 g/mol. The molecule has 0 bridgehead atoms. The van der Waals surface area contributed by atoms with E-state index in [1.54, 1.807) is 11.8 Å². The number of guanidine groups is 1. The molecule has 1 aromatic rings. The Morgan fingerprint density at radius 1 is 1.04 bits per heavy atom. The summed E-state index contributed by atoms with van der Waals surface area (Å²) in [4.78, 5) is 32.1. The minimum Gasteiger partial charge on any atom is -0.450 e. The number of piperazine rings is 1. The summed E-state index contributed by atoms with van der Waals surface area (Å²) in [5.74, 6) is 0.598. The zero-order chi connectivity index (χ0) is 20.2. The van der Waals surface area contributed by atoms with Crippen LogP contribution < -0.4 is 10.6 Å². The molecule has 154 valence electrons. The van der Waals surface area contributed by atoms with Gasteiger partial charge in [0, 0.05) is 39.3 Å². The number of rotatable bonds is 7. The summed E-state index contributed by atoms with van der Waals surface area (Å²) < 4.78 is 5.04. The van der Waals surface area contributed by atoms with Gasteiger partial charge in [-0.1, -0.05) is 30.3 Å². The highest BCUT2D eigenvalue weighted by Gasteiger charge is 2.23. The standard InChI is InChI=1S/C20H31N5O3/c1-3-21-19(24-12-14-25(15-13-24)20(27)28-4-2)23-16-18(26)22-11-10-17-8-6-5-7-9-17/h5-9H,3-4,10-16H2,1-2H3,(H,21,23)(H,22,26). The van der Waals surface area contributed by atoms with Crippen LogP contribution in [-0.4, -0.2) is 80.2 Å². The molecule has 0 aromatic heterocycles. The van der Waals surface area contributed by atoms with Crippen molar-refractivity contribution in [3.8, 4) is 0 Å². The number of carbonyl (C=O) groups excluding carboxylic acids is 2. The first kappa shape index (κ1) is 21.5. The lowest BCUT2D eigenvalue weighted by Crippen LogP contribution is -2.54. The van der Waals surface area contributed by atoms with Gasteiger partial charge >= 0.3 is 6.09 Å². The molecule has 0 saturated carbocycles. The highest BCUT2D eigenvalue weighted by molar-refractivity contribution is 5.85. The Hall–Kier alpha value is -2.77. The van der Waals surface area contributed by atoms with E-state index in [9.17, 15) is 9.59 Å². The van der Waals surface area contributed by atoms with E-state index in [4.69, 9.17) is 4.74 Å². The fourth-order valence-corrected chi connectivity index (χ4v) is 2.93. The third kappa shape index (κ3) is 7.09. The summed E-state index contributed by atoms with van der Waals surface area (Å²) in [6, 6.07) is 10.1. The van der Waals surface area contributed by atoms with Gasteiger partial charge in [0.1, 0.15) is 6.54 Å². The van der Waals surface area contributed by atoms with Crippen molar-refractivity contribution in [3.63, 3.8) is 0 Å². The molecule has 0 unspecified atom stereocenters. The van der Waals surface area contributed by atoms with Gasteiger partial charge in [-0.3, -0.25) is 4.79 Å². The van der Waals surface area contributed by atoms with Gasteiger partial charge in [0.25, 0.3) is 0 Å². The molecule has 1 aliphatic heterocycles. The minimum atomic E-state index is -0.276. The first-order valence-corrected chi connectivity index (χ1v) is 9.89. The normalized spacial score (nSPS) is 14.6. The van der Waals surface area contributed by atoms with Crippen molar-refractivity contribution in [2.75, 3.05) is 52.4 Å². The second-order valence-corrected chi connectivity index (χ2v) is 6.43. The number of aliphatic imine (C=N–C) groups is 1. The van der Waals surface area contributed by atoms with Crippen LogP contribution in [0.25, 0.3) is 0 Å². The van der Waals surface area contributed by atoms with Crippen molar-refractivity contribution < 1.29 is 14.3 Å². The first-order valence-electron chi connectivity index (χ1n) is 9.89. The molecule has 2 rings (SSSR count). The van der Waals surface area contributed by atoms with E-state index in [-0.39, 0.29) is 18.5 Å². The van der Waals surface area contributed by atoms with Crippen molar-refractivity contribution in [1.82, 2.24) is 20.4 Å². The van der Waals surface area contributed by atoms with Crippen LogP contribution in [0.1, 0.15) is 19.4 Å². The average Bonchev–Trinajstić information content (AvgIpc) is 2.72.